The zero-order valence-electron chi connectivity index (χ0n) is 12.7. The van der Waals surface area contributed by atoms with E-state index in [2.05, 4.69) is 30.8 Å². The third-order valence-corrected chi connectivity index (χ3v) is 3.60. The maximum Gasteiger partial charge on any atom is 0.335 e. The fourth-order valence-corrected chi connectivity index (χ4v) is 1.82. The van der Waals surface area contributed by atoms with Crippen LogP contribution in [0.3, 0.4) is 0 Å². The Morgan fingerprint density at radius 2 is 1.62 bits per heavy atom. The van der Waals surface area contributed by atoms with Crippen molar-refractivity contribution < 1.29 is 37.1 Å². The van der Waals surface area contributed by atoms with E-state index in [1.807, 2.05) is 0 Å². The molecule has 12 heteroatoms. The average molecular weight is 426 g/mol. The SMILES string of the molecule is CC(=O)C1(Cl)CCOC1=O.CC(=O)C1CCOC1=O.O=S(=O)(Cl)Cl. The first-order valence-electron chi connectivity index (χ1n) is 6.47. The predicted molar refractivity (Wildman–Crippen MR) is 85.2 cm³/mol. The smallest absolute Gasteiger partial charge is 0.335 e. The van der Waals surface area contributed by atoms with Crippen molar-refractivity contribution in [1.82, 2.24) is 0 Å². The van der Waals surface area contributed by atoms with Crippen molar-refractivity contribution in [2.45, 2.75) is 31.6 Å². The number of esters is 2. The predicted octanol–water partition coefficient (Wildman–Crippen LogP) is 1.35. The van der Waals surface area contributed by atoms with Crippen molar-refractivity contribution in [3.05, 3.63) is 0 Å². The summed E-state index contributed by atoms with van der Waals surface area (Å²) in [7, 11) is 4.81. The number of halogens is 3. The number of rotatable bonds is 2. The summed E-state index contributed by atoms with van der Waals surface area (Å²) >= 11 is 5.63. The molecule has 2 aliphatic heterocycles. The minimum Gasteiger partial charge on any atom is -0.465 e. The van der Waals surface area contributed by atoms with Crippen molar-refractivity contribution in [3.63, 3.8) is 0 Å². The first kappa shape index (κ1) is 23.1. The van der Waals surface area contributed by atoms with E-state index in [0.717, 1.165) is 0 Å². The van der Waals surface area contributed by atoms with Gasteiger partial charge < -0.3 is 9.47 Å². The fraction of sp³-hybridized carbons (Fsp3) is 0.667. The van der Waals surface area contributed by atoms with Crippen LogP contribution in [0.2, 0.25) is 0 Å². The van der Waals surface area contributed by atoms with Crippen molar-refractivity contribution in [3.8, 4) is 0 Å². The number of ether oxygens (including phenoxy) is 2. The van der Waals surface area contributed by atoms with Crippen molar-refractivity contribution in [1.29, 1.82) is 0 Å². The summed E-state index contributed by atoms with van der Waals surface area (Å²) in [5.41, 5.74) is 0. The van der Waals surface area contributed by atoms with Gasteiger partial charge in [-0.15, -0.1) is 0 Å². The van der Waals surface area contributed by atoms with Crippen LogP contribution in [-0.2, 0) is 36.9 Å². The Kier molecular flexibility index (Phi) is 9.19. The molecule has 0 bridgehead atoms. The maximum absolute atomic E-state index is 10.8. The molecule has 2 aliphatic rings. The second-order valence-electron chi connectivity index (χ2n) is 4.74. The number of Topliss-reactive ketones (excluding diaryl/α,β-unsaturated/α-hetero) is 2. The Morgan fingerprint density at radius 1 is 1.12 bits per heavy atom. The summed E-state index contributed by atoms with van der Waals surface area (Å²) < 4.78 is 27.4. The molecular formula is C12H15Cl3O8S. The molecule has 0 aliphatic carbocycles. The molecule has 0 saturated carbocycles. The zero-order valence-corrected chi connectivity index (χ0v) is 15.8. The first-order valence-corrected chi connectivity index (χ1v) is 9.99. The summed E-state index contributed by atoms with van der Waals surface area (Å²) in [6.07, 6.45) is 0.858. The lowest BCUT2D eigenvalue weighted by atomic mass is 10.0. The second kappa shape index (κ2) is 9.55. The van der Waals surface area contributed by atoms with Gasteiger partial charge in [-0.2, -0.15) is 8.42 Å². The van der Waals surface area contributed by atoms with Crippen LogP contribution >= 0.6 is 33.0 Å². The molecular weight excluding hydrogens is 411 g/mol. The van der Waals surface area contributed by atoms with E-state index in [0.29, 0.717) is 19.4 Å². The molecule has 2 rings (SSSR count). The van der Waals surface area contributed by atoms with Gasteiger partial charge in [0, 0.05) is 34.2 Å². The third-order valence-electron chi connectivity index (χ3n) is 2.99. The molecule has 2 atom stereocenters. The van der Waals surface area contributed by atoms with Gasteiger partial charge in [-0.1, -0.05) is 11.6 Å². The van der Waals surface area contributed by atoms with Gasteiger partial charge in [0.2, 0.25) is 4.87 Å². The molecule has 2 unspecified atom stereocenters. The van der Waals surface area contributed by atoms with Crippen LogP contribution in [0.5, 0.6) is 0 Å². The number of alkyl halides is 1. The van der Waals surface area contributed by atoms with Gasteiger partial charge in [-0.05, 0) is 13.8 Å². The highest BCUT2D eigenvalue weighted by atomic mass is 36.0. The van der Waals surface area contributed by atoms with E-state index in [1.54, 1.807) is 0 Å². The molecule has 2 fully saturated rings. The van der Waals surface area contributed by atoms with Crippen LogP contribution < -0.4 is 0 Å². The van der Waals surface area contributed by atoms with Gasteiger partial charge >= 0.3 is 20.2 Å². The van der Waals surface area contributed by atoms with Crippen molar-refractivity contribution in [2.75, 3.05) is 13.2 Å². The molecule has 2 saturated heterocycles. The molecule has 0 aromatic heterocycles. The van der Waals surface area contributed by atoms with Crippen LogP contribution in [0.1, 0.15) is 26.7 Å². The molecule has 0 amide bonds. The largest absolute Gasteiger partial charge is 0.465 e. The lowest BCUT2D eigenvalue weighted by molar-refractivity contribution is -0.145. The molecule has 0 aromatic rings. The van der Waals surface area contributed by atoms with Gasteiger partial charge in [-0.3, -0.25) is 14.4 Å². The topological polar surface area (TPSA) is 121 Å². The Morgan fingerprint density at radius 3 is 1.79 bits per heavy atom. The first-order chi connectivity index (χ1) is 10.8. The molecule has 0 radical (unpaired) electrons. The Labute approximate surface area is 152 Å². The third kappa shape index (κ3) is 8.27. The summed E-state index contributed by atoms with van der Waals surface area (Å²) in [4.78, 5) is 41.3. The molecule has 0 N–H and O–H groups in total. The van der Waals surface area contributed by atoms with E-state index >= 15 is 0 Å². The molecule has 138 valence electrons. The molecule has 2 heterocycles. The lowest BCUT2D eigenvalue weighted by Gasteiger charge is -2.09. The van der Waals surface area contributed by atoms with Crippen LogP contribution in [0.15, 0.2) is 0 Å². The van der Waals surface area contributed by atoms with Gasteiger partial charge in [0.15, 0.2) is 5.78 Å². The number of hydrogen-bond donors (Lipinski definition) is 0. The molecule has 24 heavy (non-hydrogen) atoms. The molecule has 0 aromatic carbocycles. The molecule has 0 spiro atoms. The van der Waals surface area contributed by atoms with E-state index in [-0.39, 0.29) is 24.1 Å². The number of carbonyl (C=O) groups excluding carboxylic acids is 4. The fourth-order valence-electron chi connectivity index (χ4n) is 1.69. The van der Waals surface area contributed by atoms with E-state index in [1.165, 1.54) is 13.8 Å². The lowest BCUT2D eigenvalue weighted by Crippen LogP contribution is -2.35. The van der Waals surface area contributed by atoms with Gasteiger partial charge in [0.25, 0.3) is 0 Å². The number of ketones is 2. The van der Waals surface area contributed by atoms with Gasteiger partial charge in [0.1, 0.15) is 11.7 Å². The average Bonchev–Trinajstić information content (AvgIpc) is 2.96. The number of hydrogen-bond acceptors (Lipinski definition) is 8. The molecule has 8 nitrogen and oxygen atoms in total. The highest BCUT2D eigenvalue weighted by molar-refractivity contribution is 8.31. The summed E-state index contributed by atoms with van der Waals surface area (Å²) in [5.74, 6) is -1.86. The Balaban J connectivity index is 0.000000351. The van der Waals surface area contributed by atoms with Gasteiger partial charge in [0.05, 0.1) is 13.2 Å². The second-order valence-corrected chi connectivity index (χ2v) is 9.05. The van der Waals surface area contributed by atoms with Crippen LogP contribution in [-0.4, -0.2) is 50.0 Å². The van der Waals surface area contributed by atoms with Gasteiger partial charge in [-0.25, -0.2) is 4.79 Å². The van der Waals surface area contributed by atoms with E-state index in [4.69, 9.17) is 20.0 Å². The highest BCUT2D eigenvalue weighted by Crippen LogP contribution is 2.28. The monoisotopic (exact) mass is 424 g/mol. The quantitative estimate of drug-likeness (QED) is 0.281. The van der Waals surface area contributed by atoms with Crippen molar-refractivity contribution >= 4 is 64.7 Å². The summed E-state index contributed by atoms with van der Waals surface area (Å²) in [5, 5.41) is 0. The van der Waals surface area contributed by atoms with Crippen molar-refractivity contribution in [2.24, 2.45) is 5.92 Å². The summed E-state index contributed by atoms with van der Waals surface area (Å²) in [6.45, 7) is 3.36. The summed E-state index contributed by atoms with van der Waals surface area (Å²) in [6, 6.07) is 0. The minimum absolute atomic E-state index is 0.0856. The number of cyclic esters (lactones) is 2. The van der Waals surface area contributed by atoms with E-state index in [9.17, 15) is 19.2 Å². The van der Waals surface area contributed by atoms with Crippen LogP contribution in [0, 0.1) is 5.92 Å². The Hall–Kier alpha value is -0.900. The minimum atomic E-state index is -3.72. The van der Waals surface area contributed by atoms with E-state index < -0.39 is 25.0 Å². The highest BCUT2D eigenvalue weighted by Gasteiger charge is 2.47. The van der Waals surface area contributed by atoms with Crippen LogP contribution in [0.25, 0.3) is 0 Å². The standard InChI is InChI=1S/C6H7ClO3.C6H8O3.Cl2O2S/c1-4(8)6(7)2-3-10-5(6)9;1-4(7)5-2-3-9-6(5)8;1-5(2,3)4/h2-3H2,1H3;5H,2-3H2,1H3;. The zero-order chi connectivity index (χ0) is 19.1. The van der Waals surface area contributed by atoms with Crippen LogP contribution in [0.4, 0.5) is 0 Å². The normalized spacial score (nSPS) is 25.5. The number of carbonyl (C=O) groups is 4. The Bertz CT molecular complexity index is 610. The maximum atomic E-state index is 10.8.